The fourth-order valence-corrected chi connectivity index (χ4v) is 1.64. The summed E-state index contributed by atoms with van der Waals surface area (Å²) in [6.07, 6.45) is 7.29. The van der Waals surface area contributed by atoms with E-state index < -0.39 is 5.41 Å². The Labute approximate surface area is 108 Å². The third kappa shape index (κ3) is 2.28. The third-order valence-corrected chi connectivity index (χ3v) is 2.97. The normalized spacial score (nSPS) is 13.1. The predicted molar refractivity (Wildman–Crippen MR) is 72.5 cm³/mol. The molecule has 0 aliphatic heterocycles. The molecule has 0 N–H and O–H groups in total. The van der Waals surface area contributed by atoms with Crippen LogP contribution in [0.3, 0.4) is 0 Å². The van der Waals surface area contributed by atoms with Gasteiger partial charge in [-0.2, -0.15) is 0 Å². The second-order valence-electron chi connectivity index (χ2n) is 3.96. The van der Waals surface area contributed by atoms with Gasteiger partial charge in [-0.05, 0) is 24.6 Å². The van der Waals surface area contributed by atoms with Crippen molar-refractivity contribution in [2.45, 2.75) is 12.3 Å². The average Bonchev–Trinajstić information content (AvgIpc) is 2.44. The van der Waals surface area contributed by atoms with E-state index in [1.165, 1.54) is 0 Å². The minimum absolute atomic E-state index is 0.548. The van der Waals surface area contributed by atoms with Gasteiger partial charge in [0.1, 0.15) is 0 Å². The maximum Gasteiger partial charge on any atom is 0.203 e. The molecule has 1 atom stereocenters. The van der Waals surface area contributed by atoms with Gasteiger partial charge in [0.25, 0.3) is 0 Å². The molecular formula is C15H18O3. The molecule has 0 amide bonds. The quantitative estimate of drug-likeness (QED) is 0.590. The lowest BCUT2D eigenvalue weighted by Gasteiger charge is -2.22. The Morgan fingerprint density at radius 2 is 1.67 bits per heavy atom. The SMILES string of the molecule is C#CC(C)(C=C)c1cc(OC)c(OC)c(OC)c1. The highest BCUT2D eigenvalue weighted by Crippen LogP contribution is 2.41. The van der Waals surface area contributed by atoms with Crippen LogP contribution in [-0.2, 0) is 5.41 Å². The summed E-state index contributed by atoms with van der Waals surface area (Å²) in [7, 11) is 4.71. The first-order valence-corrected chi connectivity index (χ1v) is 5.48. The first-order valence-electron chi connectivity index (χ1n) is 5.48. The predicted octanol–water partition coefficient (Wildman–Crippen LogP) is 2.79. The van der Waals surface area contributed by atoms with Gasteiger partial charge < -0.3 is 14.2 Å². The maximum absolute atomic E-state index is 5.57. The summed E-state index contributed by atoms with van der Waals surface area (Å²) in [5.74, 6) is 4.42. The van der Waals surface area contributed by atoms with Crippen LogP contribution in [0.1, 0.15) is 12.5 Å². The van der Waals surface area contributed by atoms with Crippen LogP contribution in [0.5, 0.6) is 17.2 Å². The first-order chi connectivity index (χ1) is 8.56. The number of rotatable bonds is 5. The van der Waals surface area contributed by atoms with E-state index in [-0.39, 0.29) is 0 Å². The van der Waals surface area contributed by atoms with Gasteiger partial charge in [-0.15, -0.1) is 13.0 Å². The molecule has 0 aliphatic rings. The van der Waals surface area contributed by atoms with Crippen molar-refractivity contribution < 1.29 is 14.2 Å². The minimum Gasteiger partial charge on any atom is -0.493 e. The van der Waals surface area contributed by atoms with Gasteiger partial charge in [0.2, 0.25) is 5.75 Å². The second kappa shape index (κ2) is 5.50. The molecule has 0 heterocycles. The molecule has 96 valence electrons. The van der Waals surface area contributed by atoms with Crippen LogP contribution in [0.2, 0.25) is 0 Å². The van der Waals surface area contributed by atoms with Crippen molar-refractivity contribution in [1.82, 2.24) is 0 Å². The van der Waals surface area contributed by atoms with Crippen LogP contribution in [0, 0.1) is 12.3 Å². The van der Waals surface area contributed by atoms with E-state index in [0.717, 1.165) is 5.56 Å². The summed E-state index contributed by atoms with van der Waals surface area (Å²) in [5.41, 5.74) is 0.293. The van der Waals surface area contributed by atoms with Crippen molar-refractivity contribution in [2.75, 3.05) is 21.3 Å². The van der Waals surface area contributed by atoms with Crippen LogP contribution < -0.4 is 14.2 Å². The largest absolute Gasteiger partial charge is 0.493 e. The lowest BCUT2D eigenvalue weighted by molar-refractivity contribution is 0.323. The lowest BCUT2D eigenvalue weighted by atomic mass is 9.83. The smallest absolute Gasteiger partial charge is 0.203 e. The van der Waals surface area contributed by atoms with Gasteiger partial charge >= 0.3 is 0 Å². The standard InChI is InChI=1S/C15H18O3/c1-7-15(3,8-2)11-9-12(16-4)14(18-6)13(10-11)17-5/h1,8-10H,2H2,3-6H3. The highest BCUT2D eigenvalue weighted by atomic mass is 16.5. The Morgan fingerprint density at radius 3 is 1.94 bits per heavy atom. The molecule has 3 nitrogen and oxygen atoms in total. The van der Waals surface area contributed by atoms with Gasteiger partial charge in [-0.25, -0.2) is 0 Å². The monoisotopic (exact) mass is 246 g/mol. The van der Waals surface area contributed by atoms with Gasteiger partial charge in [0.05, 0.1) is 26.7 Å². The third-order valence-electron chi connectivity index (χ3n) is 2.97. The summed E-state index contributed by atoms with van der Waals surface area (Å²) in [6, 6.07) is 3.67. The molecular weight excluding hydrogens is 228 g/mol. The molecule has 0 radical (unpaired) electrons. The average molecular weight is 246 g/mol. The Bertz CT molecular complexity index is 460. The molecule has 3 heteroatoms. The molecule has 0 aromatic heterocycles. The molecule has 1 aromatic rings. The van der Waals surface area contributed by atoms with Crippen molar-refractivity contribution in [3.8, 4) is 29.6 Å². The summed E-state index contributed by atoms with van der Waals surface area (Å²) in [5, 5.41) is 0. The van der Waals surface area contributed by atoms with Crippen LogP contribution in [-0.4, -0.2) is 21.3 Å². The number of allylic oxidation sites excluding steroid dienone is 1. The van der Waals surface area contributed by atoms with E-state index in [0.29, 0.717) is 17.2 Å². The maximum atomic E-state index is 5.57. The summed E-state index contributed by atoms with van der Waals surface area (Å²) in [6.45, 7) is 5.68. The van der Waals surface area contributed by atoms with Crippen molar-refractivity contribution in [3.05, 3.63) is 30.4 Å². The molecule has 0 saturated carbocycles. The summed E-state index contributed by atoms with van der Waals surface area (Å²) in [4.78, 5) is 0. The molecule has 1 aromatic carbocycles. The summed E-state index contributed by atoms with van der Waals surface area (Å²) < 4.78 is 15.9. The molecule has 0 saturated heterocycles. The van der Waals surface area contributed by atoms with Gasteiger partial charge in [0.15, 0.2) is 11.5 Å². The zero-order valence-corrected chi connectivity index (χ0v) is 11.2. The molecule has 1 unspecified atom stereocenters. The number of ether oxygens (including phenoxy) is 3. The fraction of sp³-hybridized carbons (Fsp3) is 0.333. The second-order valence-corrected chi connectivity index (χ2v) is 3.96. The zero-order valence-electron chi connectivity index (χ0n) is 11.2. The number of methoxy groups -OCH3 is 3. The Balaban J connectivity index is 3.50. The Kier molecular flexibility index (Phi) is 4.28. The van der Waals surface area contributed by atoms with E-state index >= 15 is 0 Å². The van der Waals surface area contributed by atoms with Crippen LogP contribution in [0.15, 0.2) is 24.8 Å². The molecule has 18 heavy (non-hydrogen) atoms. The summed E-state index contributed by atoms with van der Waals surface area (Å²) >= 11 is 0. The van der Waals surface area contributed by atoms with Crippen molar-refractivity contribution in [3.63, 3.8) is 0 Å². The number of hydrogen-bond acceptors (Lipinski definition) is 3. The van der Waals surface area contributed by atoms with Gasteiger partial charge in [-0.3, -0.25) is 0 Å². The van der Waals surface area contributed by atoms with Crippen molar-refractivity contribution in [2.24, 2.45) is 0 Å². The van der Waals surface area contributed by atoms with E-state index in [9.17, 15) is 0 Å². The van der Waals surface area contributed by atoms with Crippen molar-refractivity contribution in [1.29, 1.82) is 0 Å². The van der Waals surface area contributed by atoms with Crippen LogP contribution >= 0.6 is 0 Å². The molecule has 0 spiro atoms. The van der Waals surface area contributed by atoms with Crippen LogP contribution in [0.25, 0.3) is 0 Å². The van der Waals surface area contributed by atoms with E-state index in [1.807, 2.05) is 19.1 Å². The molecule has 0 bridgehead atoms. The molecule has 0 aliphatic carbocycles. The Hall–Kier alpha value is -2.08. The van der Waals surface area contributed by atoms with Gasteiger partial charge in [0, 0.05) is 0 Å². The van der Waals surface area contributed by atoms with Crippen LogP contribution in [0.4, 0.5) is 0 Å². The van der Waals surface area contributed by atoms with Gasteiger partial charge in [-0.1, -0.05) is 12.0 Å². The number of hydrogen-bond donors (Lipinski definition) is 0. The van der Waals surface area contributed by atoms with E-state index in [1.54, 1.807) is 27.4 Å². The highest BCUT2D eigenvalue weighted by molar-refractivity contribution is 5.57. The molecule has 1 rings (SSSR count). The highest BCUT2D eigenvalue weighted by Gasteiger charge is 2.24. The topological polar surface area (TPSA) is 27.7 Å². The molecule has 0 fully saturated rings. The fourth-order valence-electron chi connectivity index (χ4n) is 1.64. The van der Waals surface area contributed by atoms with E-state index in [2.05, 4.69) is 12.5 Å². The number of terminal acetylenes is 1. The number of benzene rings is 1. The first kappa shape index (κ1) is 14.0. The van der Waals surface area contributed by atoms with Crippen molar-refractivity contribution >= 4 is 0 Å². The Morgan fingerprint density at radius 1 is 1.17 bits per heavy atom. The zero-order chi connectivity index (χ0) is 13.8. The minimum atomic E-state index is -0.577. The van der Waals surface area contributed by atoms with E-state index in [4.69, 9.17) is 20.6 Å². The lowest BCUT2D eigenvalue weighted by Crippen LogP contribution is -2.16.